The maximum absolute atomic E-state index is 11.0. The number of aliphatic hydroxyl groups is 1. The van der Waals surface area contributed by atoms with Crippen molar-refractivity contribution >= 4 is 17.5 Å². The van der Waals surface area contributed by atoms with Gasteiger partial charge in [0.05, 0.1) is 6.10 Å². The summed E-state index contributed by atoms with van der Waals surface area (Å²) in [5.41, 5.74) is 0. The largest absolute Gasteiger partial charge is 0.391 e. The molecule has 0 aliphatic heterocycles. The fraction of sp³-hybridized carbons (Fsp3) is 0.462. The Bertz CT molecular complexity index is 346. The van der Waals surface area contributed by atoms with Gasteiger partial charge in [0, 0.05) is 16.1 Å². The summed E-state index contributed by atoms with van der Waals surface area (Å²) in [5.74, 6) is 0.0224. The lowest BCUT2D eigenvalue weighted by atomic mass is 10.0. The molecule has 3 heteroatoms. The standard InChI is InChI=1S/C13H18O2S/c1-10(14)9-12(15)13(2,3)16-11-7-5-4-6-8-11/h4-8,12,15H,9H2,1-3H3. The van der Waals surface area contributed by atoms with E-state index >= 15 is 0 Å². The molecule has 1 rings (SSSR count). The van der Waals surface area contributed by atoms with Gasteiger partial charge in [-0.1, -0.05) is 18.2 Å². The molecule has 16 heavy (non-hydrogen) atoms. The Balaban J connectivity index is 2.67. The second kappa shape index (κ2) is 5.51. The highest BCUT2D eigenvalue weighted by atomic mass is 32.2. The first-order valence-electron chi connectivity index (χ1n) is 5.33. The van der Waals surface area contributed by atoms with E-state index in [-0.39, 0.29) is 17.0 Å². The molecule has 1 atom stereocenters. The minimum absolute atomic E-state index is 0.0224. The Labute approximate surface area is 101 Å². The summed E-state index contributed by atoms with van der Waals surface area (Å²) in [6, 6.07) is 9.91. The Morgan fingerprint density at radius 3 is 2.44 bits per heavy atom. The number of Topliss-reactive ketones (excluding diaryl/α,β-unsaturated/α-hetero) is 1. The van der Waals surface area contributed by atoms with Gasteiger partial charge in [-0.2, -0.15) is 0 Å². The summed E-state index contributed by atoms with van der Waals surface area (Å²) >= 11 is 1.59. The molecule has 0 aliphatic rings. The predicted octanol–water partition coefficient (Wildman–Crippen LogP) is 2.90. The molecule has 0 spiro atoms. The first-order valence-corrected chi connectivity index (χ1v) is 6.15. The van der Waals surface area contributed by atoms with Crippen LogP contribution < -0.4 is 0 Å². The van der Waals surface area contributed by atoms with Crippen molar-refractivity contribution in [3.05, 3.63) is 30.3 Å². The number of aliphatic hydroxyl groups excluding tert-OH is 1. The molecule has 0 fully saturated rings. The SMILES string of the molecule is CC(=O)CC(O)C(C)(C)Sc1ccccc1. The second-order valence-corrected chi connectivity index (χ2v) is 6.17. The Hall–Kier alpha value is -0.800. The highest BCUT2D eigenvalue weighted by Gasteiger charge is 2.29. The van der Waals surface area contributed by atoms with Crippen LogP contribution in [0, 0.1) is 0 Å². The van der Waals surface area contributed by atoms with Crippen molar-refractivity contribution in [3.8, 4) is 0 Å². The topological polar surface area (TPSA) is 37.3 Å². The molecule has 2 nitrogen and oxygen atoms in total. The van der Waals surface area contributed by atoms with Crippen LogP contribution in [0.4, 0.5) is 0 Å². The smallest absolute Gasteiger partial charge is 0.132 e. The molecule has 0 heterocycles. The molecule has 0 saturated heterocycles. The van der Waals surface area contributed by atoms with Crippen molar-refractivity contribution in [2.24, 2.45) is 0 Å². The van der Waals surface area contributed by atoms with E-state index in [9.17, 15) is 9.90 Å². The first-order chi connectivity index (χ1) is 7.42. The highest BCUT2D eigenvalue weighted by Crippen LogP contribution is 2.35. The summed E-state index contributed by atoms with van der Waals surface area (Å²) in [7, 11) is 0. The zero-order valence-electron chi connectivity index (χ0n) is 9.93. The lowest BCUT2D eigenvalue weighted by Crippen LogP contribution is -2.34. The van der Waals surface area contributed by atoms with E-state index in [0.717, 1.165) is 4.90 Å². The minimum atomic E-state index is -0.616. The summed E-state index contributed by atoms with van der Waals surface area (Å²) < 4.78 is -0.354. The summed E-state index contributed by atoms with van der Waals surface area (Å²) in [6.45, 7) is 5.42. The third kappa shape index (κ3) is 3.99. The van der Waals surface area contributed by atoms with Gasteiger partial charge in [-0.05, 0) is 32.9 Å². The molecule has 1 aromatic carbocycles. The second-order valence-electron chi connectivity index (χ2n) is 4.44. The van der Waals surface area contributed by atoms with Gasteiger partial charge >= 0.3 is 0 Å². The van der Waals surface area contributed by atoms with Crippen LogP contribution in [0.25, 0.3) is 0 Å². The molecule has 0 bridgehead atoms. The van der Waals surface area contributed by atoms with Gasteiger partial charge in [0.25, 0.3) is 0 Å². The Kier molecular flexibility index (Phi) is 4.56. The van der Waals surface area contributed by atoms with E-state index in [1.807, 2.05) is 44.2 Å². The lowest BCUT2D eigenvalue weighted by molar-refractivity contribution is -0.119. The molecule has 1 N–H and O–H groups in total. The summed E-state index contributed by atoms with van der Waals surface area (Å²) in [6.07, 6.45) is -0.400. The fourth-order valence-electron chi connectivity index (χ4n) is 1.38. The van der Waals surface area contributed by atoms with E-state index < -0.39 is 6.10 Å². The molecular formula is C13H18O2S. The van der Waals surface area contributed by atoms with E-state index in [2.05, 4.69) is 0 Å². The number of benzene rings is 1. The first kappa shape index (κ1) is 13.3. The van der Waals surface area contributed by atoms with Gasteiger partial charge in [-0.25, -0.2) is 0 Å². The Morgan fingerprint density at radius 2 is 1.94 bits per heavy atom. The molecule has 0 aromatic heterocycles. The number of hydrogen-bond donors (Lipinski definition) is 1. The van der Waals surface area contributed by atoms with Crippen LogP contribution >= 0.6 is 11.8 Å². The maximum Gasteiger partial charge on any atom is 0.132 e. The third-order valence-corrected chi connectivity index (χ3v) is 3.71. The number of hydrogen-bond acceptors (Lipinski definition) is 3. The molecule has 0 radical (unpaired) electrons. The van der Waals surface area contributed by atoms with Crippen molar-refractivity contribution in [3.63, 3.8) is 0 Å². The number of carbonyl (C=O) groups is 1. The molecular weight excluding hydrogens is 220 g/mol. The third-order valence-electron chi connectivity index (χ3n) is 2.41. The normalized spacial score (nSPS) is 13.5. The van der Waals surface area contributed by atoms with E-state index in [4.69, 9.17) is 0 Å². The van der Waals surface area contributed by atoms with Crippen LogP contribution in [0.5, 0.6) is 0 Å². The summed E-state index contributed by atoms with van der Waals surface area (Å²) in [4.78, 5) is 12.1. The number of rotatable bonds is 5. The zero-order valence-corrected chi connectivity index (χ0v) is 10.8. The van der Waals surface area contributed by atoms with Crippen LogP contribution in [-0.4, -0.2) is 21.7 Å². The van der Waals surface area contributed by atoms with Crippen LogP contribution in [-0.2, 0) is 4.79 Å². The van der Waals surface area contributed by atoms with Gasteiger partial charge in [0.1, 0.15) is 5.78 Å². The molecule has 0 amide bonds. The molecule has 88 valence electrons. The van der Waals surface area contributed by atoms with Crippen LogP contribution in [0.15, 0.2) is 35.2 Å². The van der Waals surface area contributed by atoms with E-state index in [0.29, 0.717) is 0 Å². The summed E-state index contributed by atoms with van der Waals surface area (Å²) in [5, 5.41) is 9.97. The lowest BCUT2D eigenvalue weighted by Gasteiger charge is -2.29. The van der Waals surface area contributed by atoms with Gasteiger partial charge in [0.15, 0.2) is 0 Å². The Morgan fingerprint density at radius 1 is 1.38 bits per heavy atom. The predicted molar refractivity (Wildman–Crippen MR) is 67.7 cm³/mol. The van der Waals surface area contributed by atoms with Gasteiger partial charge < -0.3 is 5.11 Å². The van der Waals surface area contributed by atoms with Gasteiger partial charge in [-0.3, -0.25) is 4.79 Å². The fourth-order valence-corrected chi connectivity index (χ4v) is 2.50. The average molecular weight is 238 g/mol. The van der Waals surface area contributed by atoms with E-state index in [1.165, 1.54) is 6.92 Å². The van der Waals surface area contributed by atoms with Gasteiger partial charge in [-0.15, -0.1) is 11.8 Å². The molecule has 0 saturated carbocycles. The van der Waals surface area contributed by atoms with Crippen molar-refractivity contribution < 1.29 is 9.90 Å². The average Bonchev–Trinajstić information content (AvgIpc) is 2.17. The maximum atomic E-state index is 11.0. The van der Waals surface area contributed by atoms with E-state index in [1.54, 1.807) is 11.8 Å². The highest BCUT2D eigenvalue weighted by molar-refractivity contribution is 8.00. The quantitative estimate of drug-likeness (QED) is 0.801. The number of ketones is 1. The van der Waals surface area contributed by atoms with Gasteiger partial charge in [0.2, 0.25) is 0 Å². The molecule has 1 aromatic rings. The molecule has 1 unspecified atom stereocenters. The minimum Gasteiger partial charge on any atom is -0.391 e. The van der Waals surface area contributed by atoms with Crippen LogP contribution in [0.2, 0.25) is 0 Å². The zero-order chi connectivity index (χ0) is 12.2. The number of thioether (sulfide) groups is 1. The molecule has 0 aliphatic carbocycles. The van der Waals surface area contributed by atoms with Crippen molar-refractivity contribution in [1.29, 1.82) is 0 Å². The van der Waals surface area contributed by atoms with Crippen molar-refractivity contribution in [2.75, 3.05) is 0 Å². The van der Waals surface area contributed by atoms with Crippen LogP contribution in [0.1, 0.15) is 27.2 Å². The van der Waals surface area contributed by atoms with Crippen molar-refractivity contribution in [2.45, 2.75) is 42.9 Å². The monoisotopic (exact) mass is 238 g/mol. The number of carbonyl (C=O) groups excluding carboxylic acids is 1. The van der Waals surface area contributed by atoms with Crippen molar-refractivity contribution in [1.82, 2.24) is 0 Å². The van der Waals surface area contributed by atoms with Crippen LogP contribution in [0.3, 0.4) is 0 Å².